The van der Waals surface area contributed by atoms with Gasteiger partial charge >= 0.3 is 0 Å². The maximum Gasteiger partial charge on any atom is 0.164 e. The van der Waals surface area contributed by atoms with E-state index in [1.165, 1.54) is 24.0 Å². The third-order valence-electron chi connectivity index (χ3n) is 7.35. The summed E-state index contributed by atoms with van der Waals surface area (Å²) in [6.45, 7) is 5.49. The van der Waals surface area contributed by atoms with E-state index < -0.39 is 6.29 Å². The zero-order valence-electron chi connectivity index (χ0n) is 14.3. The molecule has 23 heavy (non-hydrogen) atoms. The lowest BCUT2D eigenvalue weighted by molar-refractivity contribution is -0.178. The highest BCUT2D eigenvalue weighted by Gasteiger charge is 2.61. The molecule has 5 atom stereocenters. The summed E-state index contributed by atoms with van der Waals surface area (Å²) in [6.07, 6.45) is 12.1. The van der Waals surface area contributed by atoms with E-state index in [0.29, 0.717) is 18.4 Å². The Morgan fingerprint density at radius 3 is 3.00 bits per heavy atom. The minimum absolute atomic E-state index is 0.115. The molecule has 0 amide bonds. The summed E-state index contributed by atoms with van der Waals surface area (Å²) in [4.78, 5) is 0. The Balaban J connectivity index is 1.66. The second-order valence-electron chi connectivity index (χ2n) is 8.14. The number of aliphatic hydroxyl groups is 1. The Hall–Kier alpha value is -1.06. The molecule has 0 radical (unpaired) electrons. The summed E-state index contributed by atoms with van der Waals surface area (Å²) in [7, 11) is 0. The van der Waals surface area contributed by atoms with Gasteiger partial charge < -0.3 is 14.3 Å². The van der Waals surface area contributed by atoms with Gasteiger partial charge in [0.1, 0.15) is 0 Å². The van der Waals surface area contributed by atoms with Crippen LogP contribution in [-0.4, -0.2) is 18.0 Å². The molecule has 1 aromatic rings. The maximum absolute atomic E-state index is 10.7. The molecule has 3 aliphatic rings. The zero-order chi connectivity index (χ0) is 16.1. The summed E-state index contributed by atoms with van der Waals surface area (Å²) < 4.78 is 10.9. The molecule has 1 aromatic heterocycles. The van der Waals surface area contributed by atoms with Gasteiger partial charge in [-0.05, 0) is 73.0 Å². The van der Waals surface area contributed by atoms with Gasteiger partial charge in [-0.15, -0.1) is 0 Å². The SMILES string of the molecule is CC1CCC23C(=CCCC2C1(C)CCc1ccoc1)COC3O. The molecule has 1 aliphatic heterocycles. The molecule has 4 rings (SSSR count). The summed E-state index contributed by atoms with van der Waals surface area (Å²) in [5.74, 6) is 1.19. The van der Waals surface area contributed by atoms with Crippen molar-refractivity contribution in [3.05, 3.63) is 35.8 Å². The first-order valence-electron chi connectivity index (χ1n) is 9.07. The van der Waals surface area contributed by atoms with Crippen LogP contribution < -0.4 is 0 Å². The van der Waals surface area contributed by atoms with Crippen molar-refractivity contribution in [1.82, 2.24) is 0 Å². The molecule has 1 spiro atoms. The topological polar surface area (TPSA) is 42.6 Å². The smallest absolute Gasteiger partial charge is 0.164 e. The summed E-state index contributed by atoms with van der Waals surface area (Å²) >= 11 is 0. The molecular weight excluding hydrogens is 288 g/mol. The quantitative estimate of drug-likeness (QED) is 0.845. The minimum Gasteiger partial charge on any atom is -0.472 e. The van der Waals surface area contributed by atoms with Crippen LogP contribution in [0.4, 0.5) is 0 Å². The third kappa shape index (κ3) is 2.16. The number of hydrogen-bond donors (Lipinski definition) is 1. The van der Waals surface area contributed by atoms with Gasteiger partial charge in [0, 0.05) is 5.41 Å². The number of rotatable bonds is 3. The molecule has 2 fully saturated rings. The van der Waals surface area contributed by atoms with Crippen LogP contribution in [0.1, 0.15) is 51.5 Å². The lowest BCUT2D eigenvalue weighted by Crippen LogP contribution is -2.54. The number of ether oxygens (including phenoxy) is 1. The highest BCUT2D eigenvalue weighted by molar-refractivity contribution is 5.28. The number of furan rings is 1. The first kappa shape index (κ1) is 15.5. The van der Waals surface area contributed by atoms with Crippen LogP contribution in [0.25, 0.3) is 0 Å². The second-order valence-corrected chi connectivity index (χ2v) is 8.14. The molecule has 1 saturated heterocycles. The first-order valence-corrected chi connectivity index (χ1v) is 9.07. The fourth-order valence-electron chi connectivity index (χ4n) is 5.71. The molecule has 3 heteroatoms. The molecule has 0 aromatic carbocycles. The van der Waals surface area contributed by atoms with Crippen LogP contribution in [-0.2, 0) is 11.2 Å². The molecule has 0 bridgehead atoms. The molecule has 1 saturated carbocycles. The van der Waals surface area contributed by atoms with E-state index in [0.717, 1.165) is 25.7 Å². The molecule has 126 valence electrons. The van der Waals surface area contributed by atoms with Gasteiger partial charge in [-0.1, -0.05) is 19.9 Å². The van der Waals surface area contributed by atoms with Crippen LogP contribution in [0.15, 0.2) is 34.7 Å². The zero-order valence-corrected chi connectivity index (χ0v) is 14.3. The minimum atomic E-state index is -0.611. The number of aliphatic hydroxyl groups excluding tert-OH is 1. The highest BCUT2D eigenvalue weighted by atomic mass is 16.6. The van der Waals surface area contributed by atoms with E-state index in [1.54, 1.807) is 6.26 Å². The van der Waals surface area contributed by atoms with Crippen LogP contribution in [0.5, 0.6) is 0 Å². The monoisotopic (exact) mass is 316 g/mol. The van der Waals surface area contributed by atoms with Crippen molar-refractivity contribution in [3.63, 3.8) is 0 Å². The Morgan fingerprint density at radius 1 is 1.35 bits per heavy atom. The molecule has 2 heterocycles. The van der Waals surface area contributed by atoms with Gasteiger partial charge in [0.2, 0.25) is 0 Å². The van der Waals surface area contributed by atoms with Crippen molar-refractivity contribution in [3.8, 4) is 0 Å². The number of aryl methyl sites for hydroxylation is 1. The van der Waals surface area contributed by atoms with Crippen molar-refractivity contribution in [2.24, 2.45) is 22.7 Å². The fourth-order valence-corrected chi connectivity index (χ4v) is 5.71. The van der Waals surface area contributed by atoms with E-state index in [2.05, 4.69) is 26.0 Å². The van der Waals surface area contributed by atoms with E-state index in [1.807, 2.05) is 6.26 Å². The van der Waals surface area contributed by atoms with Gasteiger partial charge in [0.25, 0.3) is 0 Å². The Bertz CT molecular complexity index is 590. The van der Waals surface area contributed by atoms with Crippen molar-refractivity contribution < 1.29 is 14.3 Å². The Kier molecular flexibility index (Phi) is 3.69. The lowest BCUT2D eigenvalue weighted by Gasteiger charge is -2.58. The van der Waals surface area contributed by atoms with Crippen molar-refractivity contribution in [2.75, 3.05) is 6.61 Å². The predicted octanol–water partition coefficient (Wildman–Crippen LogP) is 4.32. The van der Waals surface area contributed by atoms with Gasteiger partial charge in [0.15, 0.2) is 6.29 Å². The van der Waals surface area contributed by atoms with E-state index in [9.17, 15) is 5.11 Å². The van der Waals surface area contributed by atoms with Crippen molar-refractivity contribution >= 4 is 0 Å². The normalized spacial score (nSPS) is 42.9. The van der Waals surface area contributed by atoms with Gasteiger partial charge in [0.05, 0.1) is 19.1 Å². The predicted molar refractivity (Wildman–Crippen MR) is 88.7 cm³/mol. The third-order valence-corrected chi connectivity index (χ3v) is 7.35. The Labute approximate surface area is 138 Å². The van der Waals surface area contributed by atoms with E-state index in [-0.39, 0.29) is 10.8 Å². The van der Waals surface area contributed by atoms with Crippen LogP contribution in [0.2, 0.25) is 0 Å². The number of allylic oxidation sites excluding steroid dienone is 1. The summed E-state index contributed by atoms with van der Waals surface area (Å²) in [5, 5.41) is 10.7. The first-order chi connectivity index (χ1) is 11.1. The molecule has 1 N–H and O–H groups in total. The standard InChI is InChI=1S/C20H28O3/c1-14-6-10-20-16(13-23-18(20)21)4-3-5-17(20)19(14,2)9-7-15-8-11-22-12-15/h4,8,11-12,14,17-18,21H,3,5-7,9-10,13H2,1-2H3. The average Bonchev–Trinajstić information content (AvgIpc) is 3.18. The molecule has 3 nitrogen and oxygen atoms in total. The highest BCUT2D eigenvalue weighted by Crippen LogP contribution is 2.65. The lowest BCUT2D eigenvalue weighted by atomic mass is 9.46. The average molecular weight is 316 g/mol. The van der Waals surface area contributed by atoms with Crippen molar-refractivity contribution in [1.29, 1.82) is 0 Å². The van der Waals surface area contributed by atoms with Gasteiger partial charge in [-0.3, -0.25) is 0 Å². The molecular formula is C20H28O3. The van der Waals surface area contributed by atoms with E-state index >= 15 is 0 Å². The van der Waals surface area contributed by atoms with E-state index in [4.69, 9.17) is 9.15 Å². The Morgan fingerprint density at radius 2 is 2.22 bits per heavy atom. The molecule has 5 unspecified atom stereocenters. The fraction of sp³-hybridized carbons (Fsp3) is 0.700. The molecule has 2 aliphatic carbocycles. The second kappa shape index (κ2) is 5.49. The van der Waals surface area contributed by atoms with Crippen molar-refractivity contribution in [2.45, 2.75) is 58.7 Å². The summed E-state index contributed by atoms with van der Waals surface area (Å²) in [5.41, 5.74) is 2.79. The summed E-state index contributed by atoms with van der Waals surface area (Å²) in [6, 6.07) is 2.08. The number of hydrogen-bond acceptors (Lipinski definition) is 3. The largest absolute Gasteiger partial charge is 0.472 e. The van der Waals surface area contributed by atoms with Gasteiger partial charge in [-0.25, -0.2) is 0 Å². The van der Waals surface area contributed by atoms with Gasteiger partial charge in [-0.2, -0.15) is 0 Å². The van der Waals surface area contributed by atoms with Crippen LogP contribution in [0.3, 0.4) is 0 Å². The maximum atomic E-state index is 10.7. The van der Waals surface area contributed by atoms with Crippen LogP contribution >= 0.6 is 0 Å². The van der Waals surface area contributed by atoms with Crippen LogP contribution in [0, 0.1) is 22.7 Å².